The number of nitrogens with zero attached hydrogens (tertiary/aromatic N) is 1. The van der Waals surface area contributed by atoms with E-state index in [9.17, 15) is 0 Å². The van der Waals surface area contributed by atoms with E-state index < -0.39 is 0 Å². The van der Waals surface area contributed by atoms with Crippen molar-refractivity contribution in [2.24, 2.45) is 0 Å². The first kappa shape index (κ1) is 18.5. The molecule has 1 aliphatic carbocycles. The van der Waals surface area contributed by atoms with E-state index in [0.717, 1.165) is 24.3 Å². The second-order valence-corrected chi connectivity index (χ2v) is 7.96. The molecule has 4 aromatic rings. The zero-order chi connectivity index (χ0) is 20.5. The molecule has 0 fully saturated rings. The Morgan fingerprint density at radius 2 is 1.47 bits per heavy atom. The Balaban J connectivity index is 1.46. The summed E-state index contributed by atoms with van der Waals surface area (Å²) in [5, 5.41) is 3.52. The van der Waals surface area contributed by atoms with Crippen LogP contribution in [0.2, 0.25) is 0 Å². The highest BCUT2D eigenvalue weighted by molar-refractivity contribution is 5.82. The summed E-state index contributed by atoms with van der Waals surface area (Å²) in [6, 6.07) is 32.8. The van der Waals surface area contributed by atoms with E-state index >= 15 is 0 Å². The molecule has 0 bridgehead atoms. The maximum atomic E-state index is 3.52. The Morgan fingerprint density at radius 3 is 2.23 bits per heavy atom. The fourth-order valence-corrected chi connectivity index (χ4v) is 4.35. The normalized spacial score (nSPS) is 11.7. The van der Waals surface area contributed by atoms with Crippen LogP contribution in [0.1, 0.15) is 23.6 Å². The van der Waals surface area contributed by atoms with Crippen molar-refractivity contribution in [2.45, 2.75) is 20.3 Å². The van der Waals surface area contributed by atoms with Gasteiger partial charge >= 0.3 is 0 Å². The van der Waals surface area contributed by atoms with Gasteiger partial charge in [0.15, 0.2) is 0 Å². The fraction of sp³-hybridized carbons (Fsp3) is 0.143. The van der Waals surface area contributed by atoms with Gasteiger partial charge in [-0.3, -0.25) is 0 Å². The molecular weight excluding hydrogens is 364 g/mol. The Morgan fingerprint density at radius 1 is 0.700 bits per heavy atom. The molecule has 4 aromatic carbocycles. The molecule has 0 saturated heterocycles. The quantitative estimate of drug-likeness (QED) is 0.335. The Labute approximate surface area is 178 Å². The van der Waals surface area contributed by atoms with Gasteiger partial charge in [0.1, 0.15) is 0 Å². The van der Waals surface area contributed by atoms with Crippen LogP contribution >= 0.6 is 0 Å². The van der Waals surface area contributed by atoms with E-state index in [2.05, 4.69) is 109 Å². The minimum atomic E-state index is 0.939. The third kappa shape index (κ3) is 3.46. The van der Waals surface area contributed by atoms with Gasteiger partial charge < -0.3 is 10.2 Å². The highest BCUT2D eigenvalue weighted by Gasteiger charge is 2.20. The average Bonchev–Trinajstić information content (AvgIpc) is 3.13. The smallest absolute Gasteiger partial charge is 0.0417 e. The molecule has 5 rings (SSSR count). The van der Waals surface area contributed by atoms with Gasteiger partial charge in [0.05, 0.1) is 0 Å². The van der Waals surface area contributed by atoms with Crippen molar-refractivity contribution in [3.8, 4) is 11.1 Å². The third-order valence-corrected chi connectivity index (χ3v) is 5.91. The summed E-state index contributed by atoms with van der Waals surface area (Å²) < 4.78 is 0. The molecular formula is C28H26N2. The van der Waals surface area contributed by atoms with Gasteiger partial charge in [-0.1, -0.05) is 48.0 Å². The van der Waals surface area contributed by atoms with E-state index in [1.165, 1.54) is 39.2 Å². The standard InChI is InChI=1S/C28H26N2/c1-3-30(25-13-9-20(2)10-14-25)26-15-11-21-17-22-18-24(12-16-27(22)28(21)19-26)29-23-7-5-4-6-8-23/h4-16,18-19,29H,3,17H2,1-2H3. The number of benzene rings is 4. The molecule has 0 atom stereocenters. The molecule has 148 valence electrons. The molecule has 0 aliphatic heterocycles. The highest BCUT2D eigenvalue weighted by Crippen LogP contribution is 2.41. The number of hydrogen-bond acceptors (Lipinski definition) is 2. The van der Waals surface area contributed by atoms with Crippen LogP contribution in [0.25, 0.3) is 11.1 Å². The molecule has 1 N–H and O–H groups in total. The van der Waals surface area contributed by atoms with Crippen LogP contribution in [0, 0.1) is 6.92 Å². The van der Waals surface area contributed by atoms with Crippen LogP contribution in [-0.4, -0.2) is 6.54 Å². The van der Waals surface area contributed by atoms with Crippen LogP contribution < -0.4 is 10.2 Å². The second-order valence-electron chi connectivity index (χ2n) is 7.96. The lowest BCUT2D eigenvalue weighted by molar-refractivity contribution is 1.02. The third-order valence-electron chi connectivity index (χ3n) is 5.91. The van der Waals surface area contributed by atoms with Crippen LogP contribution in [0.15, 0.2) is 91.0 Å². The lowest BCUT2D eigenvalue weighted by Gasteiger charge is -2.24. The summed E-state index contributed by atoms with van der Waals surface area (Å²) in [7, 11) is 0. The predicted molar refractivity (Wildman–Crippen MR) is 128 cm³/mol. The van der Waals surface area contributed by atoms with E-state index in [-0.39, 0.29) is 0 Å². The number of anilines is 4. The van der Waals surface area contributed by atoms with Crippen molar-refractivity contribution in [1.29, 1.82) is 0 Å². The molecule has 2 nitrogen and oxygen atoms in total. The fourth-order valence-electron chi connectivity index (χ4n) is 4.35. The predicted octanol–water partition coefficient (Wildman–Crippen LogP) is 7.47. The lowest BCUT2D eigenvalue weighted by Crippen LogP contribution is -2.15. The van der Waals surface area contributed by atoms with Gasteiger partial charge in [-0.25, -0.2) is 0 Å². The first-order chi connectivity index (χ1) is 14.7. The maximum Gasteiger partial charge on any atom is 0.0417 e. The Kier molecular flexibility index (Phi) is 4.76. The zero-order valence-corrected chi connectivity index (χ0v) is 17.5. The monoisotopic (exact) mass is 390 g/mol. The van der Waals surface area contributed by atoms with Crippen molar-refractivity contribution in [1.82, 2.24) is 0 Å². The molecule has 0 radical (unpaired) electrons. The number of para-hydroxylation sites is 1. The molecule has 2 heteroatoms. The van der Waals surface area contributed by atoms with E-state index in [1.807, 2.05) is 6.07 Å². The van der Waals surface area contributed by atoms with Crippen molar-refractivity contribution < 1.29 is 0 Å². The summed E-state index contributed by atoms with van der Waals surface area (Å²) >= 11 is 0. The van der Waals surface area contributed by atoms with Crippen molar-refractivity contribution in [2.75, 3.05) is 16.8 Å². The lowest BCUT2D eigenvalue weighted by atomic mass is 10.0. The summed E-state index contributed by atoms with van der Waals surface area (Å²) in [6.45, 7) is 5.28. The second kappa shape index (κ2) is 7.72. The van der Waals surface area contributed by atoms with Gasteiger partial charge in [-0.15, -0.1) is 0 Å². The summed E-state index contributed by atoms with van der Waals surface area (Å²) in [4.78, 5) is 2.38. The topological polar surface area (TPSA) is 15.3 Å². The van der Waals surface area contributed by atoms with Gasteiger partial charge in [0.2, 0.25) is 0 Å². The zero-order valence-electron chi connectivity index (χ0n) is 17.5. The van der Waals surface area contributed by atoms with Gasteiger partial charge in [0.25, 0.3) is 0 Å². The maximum absolute atomic E-state index is 3.52. The van der Waals surface area contributed by atoms with Gasteiger partial charge in [0, 0.05) is 29.3 Å². The molecule has 30 heavy (non-hydrogen) atoms. The number of fused-ring (bicyclic) bond motifs is 3. The molecule has 1 aliphatic rings. The largest absolute Gasteiger partial charge is 0.356 e. The molecule has 0 saturated carbocycles. The number of hydrogen-bond donors (Lipinski definition) is 1. The van der Waals surface area contributed by atoms with E-state index in [1.54, 1.807) is 0 Å². The number of nitrogens with one attached hydrogen (secondary N) is 1. The molecule has 0 aromatic heterocycles. The van der Waals surface area contributed by atoms with Crippen LogP contribution in [0.5, 0.6) is 0 Å². The molecule has 0 amide bonds. The summed E-state index contributed by atoms with van der Waals surface area (Å²) in [5.41, 5.74) is 11.5. The Hall–Kier alpha value is -3.52. The molecule has 0 spiro atoms. The minimum absolute atomic E-state index is 0.939. The first-order valence-corrected chi connectivity index (χ1v) is 10.6. The Bertz CT molecular complexity index is 1180. The van der Waals surface area contributed by atoms with E-state index in [4.69, 9.17) is 0 Å². The van der Waals surface area contributed by atoms with E-state index in [0.29, 0.717) is 0 Å². The SMILES string of the molecule is CCN(c1ccc(C)cc1)c1ccc2c(c1)-c1ccc(Nc3ccccc3)cc1C2. The van der Waals surface area contributed by atoms with Crippen LogP contribution in [-0.2, 0) is 6.42 Å². The first-order valence-electron chi connectivity index (χ1n) is 10.6. The number of rotatable bonds is 5. The van der Waals surface area contributed by atoms with Gasteiger partial charge in [-0.2, -0.15) is 0 Å². The molecule has 0 unspecified atom stereocenters. The minimum Gasteiger partial charge on any atom is -0.356 e. The molecule has 0 heterocycles. The highest BCUT2D eigenvalue weighted by atomic mass is 15.1. The van der Waals surface area contributed by atoms with Crippen LogP contribution in [0.4, 0.5) is 22.7 Å². The van der Waals surface area contributed by atoms with Crippen molar-refractivity contribution in [3.63, 3.8) is 0 Å². The van der Waals surface area contributed by atoms with Crippen molar-refractivity contribution in [3.05, 3.63) is 108 Å². The van der Waals surface area contributed by atoms with Crippen LogP contribution in [0.3, 0.4) is 0 Å². The average molecular weight is 391 g/mol. The van der Waals surface area contributed by atoms with Gasteiger partial charge in [-0.05, 0) is 91.1 Å². The summed E-state index contributed by atoms with van der Waals surface area (Å²) in [6.07, 6.45) is 0.992. The number of aryl methyl sites for hydroxylation is 1. The summed E-state index contributed by atoms with van der Waals surface area (Å²) in [5.74, 6) is 0. The van der Waals surface area contributed by atoms with Crippen molar-refractivity contribution >= 4 is 22.7 Å².